The van der Waals surface area contributed by atoms with Crippen LogP contribution in [0.15, 0.2) is 122 Å². The van der Waals surface area contributed by atoms with E-state index in [-0.39, 0.29) is 12.5 Å². The fourth-order valence-electron chi connectivity index (χ4n) is 7.89. The maximum Gasteiger partial charge on any atom is 0.220 e. The minimum Gasteiger partial charge on any atom is -0.394 e. The molecule has 1 fully saturated rings. The lowest BCUT2D eigenvalue weighted by molar-refractivity contribution is -0.302. The van der Waals surface area contributed by atoms with Crippen molar-refractivity contribution in [3.05, 3.63) is 122 Å². The fourth-order valence-corrected chi connectivity index (χ4v) is 7.89. The van der Waals surface area contributed by atoms with Crippen LogP contribution in [0.5, 0.6) is 0 Å². The fraction of sp³-hybridized carbons (Fsp3) is 0.656. The predicted octanol–water partition coefficient (Wildman–Crippen LogP) is 13.6. The molecule has 0 bridgehead atoms. The Bertz CT molecular complexity index is 1510. The number of allylic oxidation sites excluding steroid dienone is 19. The van der Waals surface area contributed by atoms with Crippen molar-refractivity contribution >= 4 is 5.91 Å². The average molecular weight is 976 g/mol. The van der Waals surface area contributed by atoms with E-state index in [4.69, 9.17) is 9.47 Å². The van der Waals surface area contributed by atoms with Crippen LogP contribution >= 0.6 is 0 Å². The van der Waals surface area contributed by atoms with Gasteiger partial charge in [0.1, 0.15) is 24.4 Å². The summed E-state index contributed by atoms with van der Waals surface area (Å²) in [4.78, 5) is 13.0. The molecule has 1 rings (SSSR count). The lowest BCUT2D eigenvalue weighted by Crippen LogP contribution is -2.60. The second kappa shape index (κ2) is 49.2. The molecule has 1 amide bonds. The van der Waals surface area contributed by atoms with E-state index in [1.165, 1.54) is 64.2 Å². The number of rotatable bonds is 45. The van der Waals surface area contributed by atoms with Gasteiger partial charge in [-0.3, -0.25) is 4.79 Å². The second-order valence-corrected chi connectivity index (χ2v) is 18.6. The number of carbonyl (C=O) groups excluding carboxylic acids is 1. The smallest absolute Gasteiger partial charge is 0.220 e. The highest BCUT2D eigenvalue weighted by Gasteiger charge is 2.44. The Morgan fingerprint density at radius 1 is 0.500 bits per heavy atom. The number of aliphatic hydroxyl groups is 5. The van der Waals surface area contributed by atoms with Crippen LogP contribution in [-0.2, 0) is 14.3 Å². The molecule has 0 aromatic heterocycles. The van der Waals surface area contributed by atoms with Crippen LogP contribution in [0, 0.1) is 0 Å². The molecule has 1 heterocycles. The molecule has 0 radical (unpaired) electrons. The molecule has 6 N–H and O–H groups in total. The molecule has 398 valence electrons. The predicted molar refractivity (Wildman–Crippen MR) is 294 cm³/mol. The lowest BCUT2D eigenvalue weighted by atomic mass is 9.99. The number of amides is 1. The Labute approximate surface area is 427 Å². The third kappa shape index (κ3) is 38.3. The zero-order valence-corrected chi connectivity index (χ0v) is 44.0. The number of hydrogen-bond donors (Lipinski definition) is 6. The number of aliphatic hydroxyl groups excluding tert-OH is 5. The zero-order valence-electron chi connectivity index (χ0n) is 44.0. The van der Waals surface area contributed by atoms with Gasteiger partial charge in [0.05, 0.1) is 25.4 Å². The van der Waals surface area contributed by atoms with Crippen molar-refractivity contribution in [2.24, 2.45) is 0 Å². The maximum absolute atomic E-state index is 13.0. The summed E-state index contributed by atoms with van der Waals surface area (Å²) < 4.78 is 11.2. The normalized spacial score (nSPS) is 20.4. The molecular formula is C61H101NO8. The molecule has 70 heavy (non-hydrogen) atoms. The number of ether oxygens (including phenoxy) is 2. The Hall–Kier alpha value is -3.41. The van der Waals surface area contributed by atoms with Crippen molar-refractivity contribution in [1.82, 2.24) is 5.32 Å². The molecule has 0 aromatic rings. The third-order valence-corrected chi connectivity index (χ3v) is 12.3. The van der Waals surface area contributed by atoms with Gasteiger partial charge in [-0.1, -0.05) is 219 Å². The highest BCUT2D eigenvalue weighted by atomic mass is 16.7. The van der Waals surface area contributed by atoms with Crippen molar-refractivity contribution < 1.29 is 39.8 Å². The Morgan fingerprint density at radius 3 is 1.37 bits per heavy atom. The van der Waals surface area contributed by atoms with Gasteiger partial charge >= 0.3 is 0 Å². The highest BCUT2D eigenvalue weighted by molar-refractivity contribution is 5.76. The summed E-state index contributed by atoms with van der Waals surface area (Å²) in [5, 5.41) is 54.4. The van der Waals surface area contributed by atoms with Crippen LogP contribution < -0.4 is 5.32 Å². The summed E-state index contributed by atoms with van der Waals surface area (Å²) in [7, 11) is 0. The van der Waals surface area contributed by atoms with Gasteiger partial charge in [-0.2, -0.15) is 0 Å². The second-order valence-electron chi connectivity index (χ2n) is 18.6. The molecule has 1 saturated heterocycles. The van der Waals surface area contributed by atoms with Crippen LogP contribution in [0.25, 0.3) is 0 Å². The number of unbranched alkanes of at least 4 members (excludes halogenated alkanes) is 17. The molecule has 1 aliphatic rings. The van der Waals surface area contributed by atoms with Gasteiger partial charge in [0.2, 0.25) is 5.91 Å². The Kier molecular flexibility index (Phi) is 45.4. The highest BCUT2D eigenvalue weighted by Crippen LogP contribution is 2.22. The number of nitrogens with one attached hydrogen (secondary N) is 1. The first-order valence-corrected chi connectivity index (χ1v) is 27.8. The first-order valence-electron chi connectivity index (χ1n) is 27.8. The molecule has 7 atom stereocenters. The molecular weight excluding hydrogens is 875 g/mol. The van der Waals surface area contributed by atoms with E-state index in [0.717, 1.165) is 116 Å². The molecule has 1 aliphatic heterocycles. The third-order valence-electron chi connectivity index (χ3n) is 12.3. The summed E-state index contributed by atoms with van der Waals surface area (Å²) >= 11 is 0. The quantitative estimate of drug-likeness (QED) is 0.0261. The molecule has 0 spiro atoms. The monoisotopic (exact) mass is 976 g/mol. The summed E-state index contributed by atoms with van der Waals surface area (Å²) in [6, 6.07) is -0.839. The number of hydrogen-bond acceptors (Lipinski definition) is 8. The van der Waals surface area contributed by atoms with E-state index in [9.17, 15) is 30.3 Å². The molecule has 0 aromatic carbocycles. The van der Waals surface area contributed by atoms with Crippen LogP contribution in [0.4, 0.5) is 0 Å². The van der Waals surface area contributed by atoms with Gasteiger partial charge in [-0.05, 0) is 96.3 Å². The van der Waals surface area contributed by atoms with Crippen molar-refractivity contribution in [3.63, 3.8) is 0 Å². The zero-order chi connectivity index (χ0) is 50.8. The van der Waals surface area contributed by atoms with E-state index in [1.54, 1.807) is 6.08 Å². The standard InChI is InChI=1S/C61H101NO8/c1-3-5-7-9-11-13-15-17-19-21-22-23-24-25-26-27-28-29-30-31-32-33-34-35-37-39-41-43-45-47-49-51-57(65)62-54(53-69-61-60(68)59(67)58(66)56(52-63)70-61)55(64)50-48-46-44-42-40-38-36-20-18-16-14-12-10-8-6-4-2/h5,7,11,13,17,19,22-23,25-26,28-29,31-32,34-35,40,42,48,50,54-56,58-61,63-64,66-68H,3-4,6,8-10,12,14-16,18,20-21,24,27,30,33,36-39,41,43-47,49,51-53H2,1-2H3,(H,62,65)/b7-5-,13-11-,19-17-,23-22-,26-25-,29-28-,32-31-,35-34-,42-40+,50-48+. The van der Waals surface area contributed by atoms with Gasteiger partial charge in [-0.15, -0.1) is 0 Å². The molecule has 9 heteroatoms. The van der Waals surface area contributed by atoms with Crippen molar-refractivity contribution in [2.75, 3.05) is 13.2 Å². The van der Waals surface area contributed by atoms with Gasteiger partial charge < -0.3 is 40.3 Å². The van der Waals surface area contributed by atoms with Crippen molar-refractivity contribution in [1.29, 1.82) is 0 Å². The van der Waals surface area contributed by atoms with Crippen LogP contribution in [-0.4, -0.2) is 87.5 Å². The summed E-state index contributed by atoms with van der Waals surface area (Å²) in [6.07, 6.45) is 66.8. The topological polar surface area (TPSA) is 149 Å². The molecule has 7 unspecified atom stereocenters. The van der Waals surface area contributed by atoms with E-state index in [0.29, 0.717) is 6.42 Å². The van der Waals surface area contributed by atoms with E-state index >= 15 is 0 Å². The summed E-state index contributed by atoms with van der Waals surface area (Å²) in [6.45, 7) is 3.62. The van der Waals surface area contributed by atoms with Crippen LogP contribution in [0.1, 0.15) is 200 Å². The van der Waals surface area contributed by atoms with Gasteiger partial charge in [0, 0.05) is 6.42 Å². The first-order chi connectivity index (χ1) is 34.3. The lowest BCUT2D eigenvalue weighted by Gasteiger charge is -2.40. The minimum atomic E-state index is -1.58. The van der Waals surface area contributed by atoms with E-state index < -0.39 is 49.5 Å². The molecule has 0 aliphatic carbocycles. The Balaban J connectivity index is 2.28. The first kappa shape index (κ1) is 64.6. The average Bonchev–Trinajstić information content (AvgIpc) is 3.36. The van der Waals surface area contributed by atoms with Crippen molar-refractivity contribution in [3.8, 4) is 0 Å². The maximum atomic E-state index is 13.0. The van der Waals surface area contributed by atoms with Gasteiger partial charge in [-0.25, -0.2) is 0 Å². The Morgan fingerprint density at radius 2 is 0.900 bits per heavy atom. The summed E-state index contributed by atoms with van der Waals surface area (Å²) in [5.41, 5.74) is 0. The van der Waals surface area contributed by atoms with E-state index in [1.807, 2.05) is 6.08 Å². The van der Waals surface area contributed by atoms with Crippen LogP contribution in [0.2, 0.25) is 0 Å². The largest absolute Gasteiger partial charge is 0.394 e. The minimum absolute atomic E-state index is 0.207. The molecule has 0 saturated carbocycles. The van der Waals surface area contributed by atoms with Gasteiger partial charge in [0.15, 0.2) is 6.29 Å². The number of carbonyl (C=O) groups is 1. The summed E-state index contributed by atoms with van der Waals surface area (Å²) in [5.74, 6) is -0.207. The van der Waals surface area contributed by atoms with Gasteiger partial charge in [0.25, 0.3) is 0 Å². The SMILES string of the molecule is CC/C=C\C/C=C\C/C=C\C/C=C\C/C=C\C/C=C\C/C=C\C/C=C\CCCCCCCCC(=O)NC(COC1OC(CO)C(O)C(O)C1O)C(O)/C=C/CC/C=C/CCCCCCCCCCCC. The van der Waals surface area contributed by atoms with Crippen molar-refractivity contribution in [2.45, 2.75) is 243 Å². The van der Waals surface area contributed by atoms with E-state index in [2.05, 4.69) is 129 Å². The van der Waals surface area contributed by atoms with Crippen LogP contribution in [0.3, 0.4) is 0 Å². The molecule has 9 nitrogen and oxygen atoms in total.